The topological polar surface area (TPSA) is 28.2 Å². The molecule has 1 fully saturated rings. The standard InChI is InChI=1S/C17H31N3S/c1-5-8-15-9-6-7-10-20(15)12-14-13-21-16(19-14)11-18-17(2,3)4/h13,15,18H,5-12H2,1-4H3. The average Bonchev–Trinajstić information content (AvgIpc) is 2.86. The van der Waals surface area contributed by atoms with Gasteiger partial charge in [0, 0.05) is 30.1 Å². The Morgan fingerprint density at radius 3 is 2.90 bits per heavy atom. The zero-order chi connectivity index (χ0) is 15.3. The fourth-order valence-corrected chi connectivity index (χ4v) is 3.70. The molecule has 0 aromatic carbocycles. The maximum Gasteiger partial charge on any atom is 0.107 e. The van der Waals surface area contributed by atoms with Gasteiger partial charge in [0.05, 0.1) is 5.69 Å². The monoisotopic (exact) mass is 309 g/mol. The molecule has 1 N–H and O–H groups in total. The minimum Gasteiger partial charge on any atom is -0.306 e. The normalized spacial score (nSPS) is 20.9. The van der Waals surface area contributed by atoms with Crippen LogP contribution < -0.4 is 5.32 Å². The first-order chi connectivity index (χ1) is 9.98. The van der Waals surface area contributed by atoms with E-state index in [2.05, 4.69) is 43.3 Å². The predicted octanol–water partition coefficient (Wildman–Crippen LogP) is 4.19. The Kier molecular flexibility index (Phi) is 6.20. The molecule has 1 saturated heterocycles. The first-order valence-corrected chi connectivity index (χ1v) is 9.28. The average molecular weight is 310 g/mol. The van der Waals surface area contributed by atoms with Crippen LogP contribution in [0.25, 0.3) is 0 Å². The number of rotatable bonds is 6. The molecule has 2 rings (SSSR count). The number of piperidine rings is 1. The van der Waals surface area contributed by atoms with Gasteiger partial charge in [-0.3, -0.25) is 4.90 Å². The van der Waals surface area contributed by atoms with Crippen LogP contribution in [-0.2, 0) is 13.1 Å². The van der Waals surface area contributed by atoms with Crippen LogP contribution in [0, 0.1) is 0 Å². The van der Waals surface area contributed by atoms with Gasteiger partial charge in [0.1, 0.15) is 5.01 Å². The summed E-state index contributed by atoms with van der Waals surface area (Å²) in [5, 5.41) is 6.98. The van der Waals surface area contributed by atoms with Crippen molar-refractivity contribution in [3.8, 4) is 0 Å². The van der Waals surface area contributed by atoms with Crippen molar-refractivity contribution in [1.29, 1.82) is 0 Å². The van der Waals surface area contributed by atoms with Crippen LogP contribution in [0.15, 0.2) is 5.38 Å². The number of nitrogens with one attached hydrogen (secondary N) is 1. The smallest absolute Gasteiger partial charge is 0.107 e. The van der Waals surface area contributed by atoms with Gasteiger partial charge in [0.2, 0.25) is 0 Å². The molecule has 0 spiro atoms. The Balaban J connectivity index is 1.88. The Bertz CT molecular complexity index is 420. The second kappa shape index (κ2) is 7.70. The second-order valence-electron chi connectivity index (χ2n) is 7.24. The summed E-state index contributed by atoms with van der Waals surface area (Å²) in [6.45, 7) is 12.1. The van der Waals surface area contributed by atoms with E-state index in [1.165, 1.54) is 49.4 Å². The first kappa shape index (κ1) is 16.9. The molecule has 0 radical (unpaired) electrons. The van der Waals surface area contributed by atoms with E-state index in [9.17, 15) is 0 Å². The molecule has 0 amide bonds. The van der Waals surface area contributed by atoms with Crippen LogP contribution in [-0.4, -0.2) is 28.0 Å². The van der Waals surface area contributed by atoms with Crippen LogP contribution in [0.1, 0.15) is 70.5 Å². The molecule has 0 bridgehead atoms. The SMILES string of the molecule is CCCC1CCCCN1Cc1csc(CNC(C)(C)C)n1. The predicted molar refractivity (Wildman–Crippen MR) is 91.7 cm³/mol. The maximum absolute atomic E-state index is 4.82. The molecule has 1 unspecified atom stereocenters. The lowest BCUT2D eigenvalue weighted by atomic mass is 9.98. The second-order valence-corrected chi connectivity index (χ2v) is 8.19. The van der Waals surface area contributed by atoms with Crippen molar-refractivity contribution in [3.63, 3.8) is 0 Å². The summed E-state index contributed by atoms with van der Waals surface area (Å²) >= 11 is 1.79. The van der Waals surface area contributed by atoms with Crippen LogP contribution in [0.4, 0.5) is 0 Å². The molecule has 0 aliphatic carbocycles. The van der Waals surface area contributed by atoms with E-state index in [1.807, 2.05) is 0 Å². The van der Waals surface area contributed by atoms with E-state index in [1.54, 1.807) is 11.3 Å². The van der Waals surface area contributed by atoms with E-state index >= 15 is 0 Å². The summed E-state index contributed by atoms with van der Waals surface area (Å²) in [5.74, 6) is 0. The quantitative estimate of drug-likeness (QED) is 0.854. The molecule has 1 aliphatic rings. The van der Waals surface area contributed by atoms with Crippen molar-refractivity contribution in [2.75, 3.05) is 6.54 Å². The fourth-order valence-electron chi connectivity index (χ4n) is 2.98. The molecule has 3 nitrogen and oxygen atoms in total. The third-order valence-electron chi connectivity index (χ3n) is 4.11. The number of likely N-dealkylation sites (tertiary alicyclic amines) is 1. The lowest BCUT2D eigenvalue weighted by Gasteiger charge is -2.35. The minimum atomic E-state index is 0.158. The number of nitrogens with zero attached hydrogens (tertiary/aromatic N) is 2. The highest BCUT2D eigenvalue weighted by atomic mass is 32.1. The Morgan fingerprint density at radius 2 is 2.19 bits per heavy atom. The van der Waals surface area contributed by atoms with Crippen LogP contribution in [0.3, 0.4) is 0 Å². The summed E-state index contributed by atoms with van der Waals surface area (Å²) in [4.78, 5) is 7.47. The molecular formula is C17H31N3S. The van der Waals surface area contributed by atoms with E-state index in [4.69, 9.17) is 4.98 Å². The molecule has 21 heavy (non-hydrogen) atoms. The summed E-state index contributed by atoms with van der Waals surface area (Å²) in [5.41, 5.74) is 1.42. The Labute approximate surface area is 134 Å². The zero-order valence-electron chi connectivity index (χ0n) is 14.1. The van der Waals surface area contributed by atoms with Gasteiger partial charge in [-0.1, -0.05) is 19.8 Å². The highest BCUT2D eigenvalue weighted by Gasteiger charge is 2.22. The lowest BCUT2D eigenvalue weighted by Crippen LogP contribution is -2.38. The van der Waals surface area contributed by atoms with Gasteiger partial charge in [-0.2, -0.15) is 0 Å². The van der Waals surface area contributed by atoms with E-state index < -0.39 is 0 Å². The third-order valence-corrected chi connectivity index (χ3v) is 5.00. The van der Waals surface area contributed by atoms with Crippen molar-refractivity contribution in [3.05, 3.63) is 16.1 Å². The maximum atomic E-state index is 4.82. The van der Waals surface area contributed by atoms with Crippen molar-refractivity contribution < 1.29 is 0 Å². The third kappa shape index (κ3) is 5.68. The highest BCUT2D eigenvalue weighted by molar-refractivity contribution is 7.09. The summed E-state index contributed by atoms with van der Waals surface area (Å²) in [7, 11) is 0. The molecule has 1 aromatic heterocycles. The molecule has 1 atom stereocenters. The molecule has 1 aliphatic heterocycles. The van der Waals surface area contributed by atoms with Crippen molar-refractivity contribution in [2.45, 2.75) is 84.5 Å². The van der Waals surface area contributed by atoms with Gasteiger partial charge >= 0.3 is 0 Å². The van der Waals surface area contributed by atoms with E-state index in [0.717, 1.165) is 19.1 Å². The van der Waals surface area contributed by atoms with Crippen LogP contribution in [0.5, 0.6) is 0 Å². The Hall–Kier alpha value is -0.450. The molecule has 1 aromatic rings. The molecule has 4 heteroatoms. The van der Waals surface area contributed by atoms with Crippen molar-refractivity contribution in [1.82, 2.24) is 15.2 Å². The van der Waals surface area contributed by atoms with E-state index in [0.29, 0.717) is 0 Å². The van der Waals surface area contributed by atoms with Gasteiger partial charge in [-0.15, -0.1) is 11.3 Å². The zero-order valence-corrected chi connectivity index (χ0v) is 14.9. The number of hydrogen-bond donors (Lipinski definition) is 1. The van der Waals surface area contributed by atoms with Gasteiger partial charge < -0.3 is 5.32 Å². The van der Waals surface area contributed by atoms with Crippen LogP contribution >= 0.6 is 11.3 Å². The lowest BCUT2D eigenvalue weighted by molar-refractivity contribution is 0.130. The summed E-state index contributed by atoms with van der Waals surface area (Å²) in [6.07, 6.45) is 6.75. The number of aromatic nitrogens is 1. The van der Waals surface area contributed by atoms with Gasteiger partial charge in [-0.05, 0) is 46.6 Å². The summed E-state index contributed by atoms with van der Waals surface area (Å²) < 4.78 is 0. The van der Waals surface area contributed by atoms with Gasteiger partial charge in [0.25, 0.3) is 0 Å². The minimum absolute atomic E-state index is 0.158. The molecule has 2 heterocycles. The number of hydrogen-bond acceptors (Lipinski definition) is 4. The van der Waals surface area contributed by atoms with Crippen molar-refractivity contribution in [2.24, 2.45) is 0 Å². The largest absolute Gasteiger partial charge is 0.306 e. The Morgan fingerprint density at radius 1 is 1.38 bits per heavy atom. The number of thiazole rings is 1. The fraction of sp³-hybridized carbons (Fsp3) is 0.824. The van der Waals surface area contributed by atoms with Crippen LogP contribution in [0.2, 0.25) is 0 Å². The molecule has 120 valence electrons. The molecule has 0 saturated carbocycles. The first-order valence-electron chi connectivity index (χ1n) is 8.40. The summed E-state index contributed by atoms with van der Waals surface area (Å²) in [6, 6.07) is 0.779. The molecular weight excluding hydrogens is 278 g/mol. The van der Waals surface area contributed by atoms with E-state index in [-0.39, 0.29) is 5.54 Å². The van der Waals surface area contributed by atoms with Crippen molar-refractivity contribution >= 4 is 11.3 Å². The van der Waals surface area contributed by atoms with Gasteiger partial charge in [-0.25, -0.2) is 4.98 Å². The van der Waals surface area contributed by atoms with Gasteiger partial charge in [0.15, 0.2) is 0 Å². The highest BCUT2D eigenvalue weighted by Crippen LogP contribution is 2.23.